The lowest BCUT2D eigenvalue weighted by atomic mass is 10.2. The third-order valence-corrected chi connectivity index (χ3v) is 4.76. The molecular formula is C20H16BrN5O5. The van der Waals surface area contributed by atoms with Gasteiger partial charge in [-0.3, -0.25) is 14.9 Å². The average molecular weight is 486 g/mol. The van der Waals surface area contributed by atoms with Crippen LogP contribution < -0.4 is 15.0 Å². The van der Waals surface area contributed by atoms with Gasteiger partial charge in [-0.05, 0) is 24.3 Å². The van der Waals surface area contributed by atoms with Gasteiger partial charge in [0.25, 0.3) is 5.56 Å². The molecule has 0 spiro atoms. The van der Waals surface area contributed by atoms with E-state index in [0.717, 1.165) is 9.15 Å². The molecule has 1 aromatic heterocycles. The molecule has 0 saturated heterocycles. The number of nitrogens with zero attached hydrogens (tertiary/aromatic N) is 5. The first-order valence-electron chi connectivity index (χ1n) is 9.01. The second kappa shape index (κ2) is 9.36. The third kappa shape index (κ3) is 4.54. The monoisotopic (exact) mass is 485 g/mol. The Morgan fingerprint density at radius 1 is 1.39 bits per heavy atom. The number of fused-ring (bicyclic) bond motifs is 1. The zero-order chi connectivity index (χ0) is 22.5. The Balaban J connectivity index is 2.13. The van der Waals surface area contributed by atoms with Crippen LogP contribution in [-0.2, 0) is 6.42 Å². The number of ether oxygens (including phenoxy) is 2. The van der Waals surface area contributed by atoms with Crippen molar-refractivity contribution < 1.29 is 14.4 Å². The summed E-state index contributed by atoms with van der Waals surface area (Å²) in [6.45, 7) is 1.46. The normalized spacial score (nSPS) is 10.9. The van der Waals surface area contributed by atoms with Crippen LogP contribution in [0.25, 0.3) is 10.9 Å². The number of hydrogen-bond donors (Lipinski definition) is 0. The number of aromatic nitrogens is 2. The first-order chi connectivity index (χ1) is 14.9. The average Bonchev–Trinajstić information content (AvgIpc) is 2.76. The van der Waals surface area contributed by atoms with E-state index in [1.54, 1.807) is 24.3 Å². The molecular weight excluding hydrogens is 470 g/mol. The standard InChI is InChI=1S/C20H16BrN5O5/c1-3-18-24-15-5-4-13(21)10-14(15)20(27)25(18)23-11-12-8-16(26(28)29)19(31-7-6-22)17(9-12)30-2/h4-5,8-11H,3,7H2,1-2H3. The summed E-state index contributed by atoms with van der Waals surface area (Å²) in [7, 11) is 1.32. The van der Waals surface area contributed by atoms with E-state index in [9.17, 15) is 14.9 Å². The van der Waals surface area contributed by atoms with E-state index >= 15 is 0 Å². The molecule has 0 aliphatic rings. The van der Waals surface area contributed by atoms with Crippen molar-refractivity contribution in [1.82, 2.24) is 9.66 Å². The number of rotatable bonds is 7. The fraction of sp³-hybridized carbons (Fsp3) is 0.200. The van der Waals surface area contributed by atoms with E-state index in [1.165, 1.54) is 25.5 Å². The Bertz CT molecular complexity index is 1300. The van der Waals surface area contributed by atoms with E-state index in [4.69, 9.17) is 14.7 Å². The van der Waals surface area contributed by atoms with Crippen molar-refractivity contribution in [3.05, 3.63) is 66.7 Å². The molecule has 0 amide bonds. The molecule has 2 aromatic carbocycles. The van der Waals surface area contributed by atoms with Crippen molar-refractivity contribution >= 4 is 38.7 Å². The zero-order valence-electron chi connectivity index (χ0n) is 16.5. The Labute approximate surface area is 184 Å². The summed E-state index contributed by atoms with van der Waals surface area (Å²) < 4.78 is 12.2. The van der Waals surface area contributed by atoms with Crippen LogP contribution in [-0.4, -0.2) is 34.5 Å². The summed E-state index contributed by atoms with van der Waals surface area (Å²) >= 11 is 3.34. The highest BCUT2D eigenvalue weighted by Gasteiger charge is 2.22. The van der Waals surface area contributed by atoms with Crippen molar-refractivity contribution in [3.8, 4) is 17.6 Å². The van der Waals surface area contributed by atoms with Crippen molar-refractivity contribution in [2.45, 2.75) is 13.3 Å². The Morgan fingerprint density at radius 2 is 2.16 bits per heavy atom. The summed E-state index contributed by atoms with van der Waals surface area (Å²) in [4.78, 5) is 28.3. The number of nitro groups is 1. The van der Waals surface area contributed by atoms with Gasteiger partial charge >= 0.3 is 5.69 Å². The number of hydrogen-bond acceptors (Lipinski definition) is 8. The van der Waals surface area contributed by atoms with Crippen LogP contribution >= 0.6 is 15.9 Å². The van der Waals surface area contributed by atoms with Gasteiger partial charge in [0, 0.05) is 22.5 Å². The van der Waals surface area contributed by atoms with Crippen molar-refractivity contribution in [2.24, 2.45) is 5.10 Å². The largest absolute Gasteiger partial charge is 0.493 e. The van der Waals surface area contributed by atoms with Crippen molar-refractivity contribution in [3.63, 3.8) is 0 Å². The van der Waals surface area contributed by atoms with Crippen LogP contribution in [0.4, 0.5) is 5.69 Å². The van der Waals surface area contributed by atoms with E-state index < -0.39 is 4.92 Å². The van der Waals surface area contributed by atoms with Gasteiger partial charge in [-0.15, -0.1) is 0 Å². The van der Waals surface area contributed by atoms with E-state index in [1.807, 2.05) is 6.92 Å². The lowest BCUT2D eigenvalue weighted by Crippen LogP contribution is -2.22. The van der Waals surface area contributed by atoms with Crippen LogP contribution in [0, 0.1) is 21.4 Å². The maximum atomic E-state index is 13.0. The van der Waals surface area contributed by atoms with Gasteiger partial charge in [0.1, 0.15) is 11.9 Å². The maximum absolute atomic E-state index is 13.0. The molecule has 158 valence electrons. The first kappa shape index (κ1) is 21.9. The molecule has 3 rings (SSSR count). The number of methoxy groups -OCH3 is 1. The molecule has 0 unspecified atom stereocenters. The second-order valence-corrected chi connectivity index (χ2v) is 7.10. The molecule has 0 bridgehead atoms. The lowest BCUT2D eigenvalue weighted by Gasteiger charge is -2.10. The highest BCUT2D eigenvalue weighted by Crippen LogP contribution is 2.37. The minimum Gasteiger partial charge on any atom is -0.493 e. The molecule has 0 saturated carbocycles. The van der Waals surface area contributed by atoms with Crippen molar-refractivity contribution in [2.75, 3.05) is 13.7 Å². The molecule has 31 heavy (non-hydrogen) atoms. The zero-order valence-corrected chi connectivity index (χ0v) is 18.1. The number of halogens is 1. The predicted octanol–water partition coefficient (Wildman–Crippen LogP) is 3.42. The lowest BCUT2D eigenvalue weighted by molar-refractivity contribution is -0.385. The number of nitriles is 1. The van der Waals surface area contributed by atoms with E-state index in [0.29, 0.717) is 28.7 Å². The molecule has 1 heterocycles. The SMILES string of the molecule is CCc1nc2ccc(Br)cc2c(=O)n1N=Cc1cc(OC)c(OCC#N)c([N+](=O)[O-])c1. The first-order valence-corrected chi connectivity index (χ1v) is 9.80. The van der Waals surface area contributed by atoms with E-state index in [2.05, 4.69) is 26.0 Å². The van der Waals surface area contributed by atoms with Gasteiger partial charge in [-0.2, -0.15) is 15.0 Å². The Hall–Kier alpha value is -3.78. The summed E-state index contributed by atoms with van der Waals surface area (Å²) in [5, 5.41) is 24.8. The van der Waals surface area contributed by atoms with Gasteiger partial charge in [-0.25, -0.2) is 4.98 Å². The van der Waals surface area contributed by atoms with Crippen LogP contribution in [0.5, 0.6) is 11.5 Å². The number of aryl methyl sites for hydroxylation is 1. The van der Waals surface area contributed by atoms with E-state index in [-0.39, 0.29) is 29.4 Å². The van der Waals surface area contributed by atoms with Crippen molar-refractivity contribution in [1.29, 1.82) is 5.26 Å². The van der Waals surface area contributed by atoms with Gasteiger partial charge in [0.15, 0.2) is 12.4 Å². The molecule has 0 aliphatic carbocycles. The Kier molecular flexibility index (Phi) is 6.61. The summed E-state index contributed by atoms with van der Waals surface area (Å²) in [5.74, 6) is 0.343. The number of benzene rings is 2. The third-order valence-electron chi connectivity index (χ3n) is 4.27. The summed E-state index contributed by atoms with van der Waals surface area (Å²) in [5.41, 5.74) is 0.0958. The molecule has 11 heteroatoms. The second-order valence-electron chi connectivity index (χ2n) is 6.18. The van der Waals surface area contributed by atoms with Gasteiger partial charge < -0.3 is 9.47 Å². The summed E-state index contributed by atoms with van der Waals surface area (Å²) in [6.07, 6.45) is 1.75. The molecule has 0 atom stereocenters. The molecule has 0 N–H and O–H groups in total. The fourth-order valence-corrected chi connectivity index (χ4v) is 3.25. The van der Waals surface area contributed by atoms with Gasteiger partial charge in [0.05, 0.1) is 29.2 Å². The molecule has 0 aliphatic heterocycles. The smallest absolute Gasteiger partial charge is 0.315 e. The molecule has 0 fully saturated rings. The molecule has 10 nitrogen and oxygen atoms in total. The fourth-order valence-electron chi connectivity index (χ4n) is 2.89. The highest BCUT2D eigenvalue weighted by molar-refractivity contribution is 9.10. The predicted molar refractivity (Wildman–Crippen MR) is 117 cm³/mol. The van der Waals surface area contributed by atoms with Crippen LogP contribution in [0.3, 0.4) is 0 Å². The van der Waals surface area contributed by atoms with Crippen LogP contribution in [0.1, 0.15) is 18.3 Å². The van der Waals surface area contributed by atoms with Crippen LogP contribution in [0.15, 0.2) is 44.7 Å². The Morgan fingerprint density at radius 3 is 2.81 bits per heavy atom. The van der Waals surface area contributed by atoms with Gasteiger partial charge in [-0.1, -0.05) is 22.9 Å². The van der Waals surface area contributed by atoms with Gasteiger partial charge in [0.2, 0.25) is 5.75 Å². The quantitative estimate of drug-likeness (QED) is 0.284. The summed E-state index contributed by atoms with van der Waals surface area (Å²) in [6, 6.07) is 9.63. The highest BCUT2D eigenvalue weighted by atomic mass is 79.9. The minimum atomic E-state index is -0.648. The molecule has 3 aromatic rings. The molecule has 0 radical (unpaired) electrons. The number of nitro benzene ring substituents is 1. The minimum absolute atomic E-state index is 0.0644. The topological polar surface area (TPSA) is 133 Å². The van der Waals surface area contributed by atoms with Crippen LogP contribution in [0.2, 0.25) is 0 Å². The maximum Gasteiger partial charge on any atom is 0.315 e.